The van der Waals surface area contributed by atoms with E-state index in [9.17, 15) is 0 Å². The molecule has 5 heteroatoms. The van der Waals surface area contributed by atoms with Crippen molar-refractivity contribution in [3.05, 3.63) is 36.5 Å². The topological polar surface area (TPSA) is 40.6 Å². The van der Waals surface area contributed by atoms with Crippen LogP contribution in [0, 0.1) is 0 Å². The maximum atomic E-state index is 5.79. The zero-order valence-electron chi connectivity index (χ0n) is 13.6. The summed E-state index contributed by atoms with van der Waals surface area (Å²) in [6.07, 6.45) is 1.88. The number of aromatic nitrogens is 1. The number of piperazine rings is 1. The van der Waals surface area contributed by atoms with Gasteiger partial charge in [-0.05, 0) is 18.5 Å². The van der Waals surface area contributed by atoms with Crippen LogP contribution in [0.3, 0.4) is 0 Å². The van der Waals surface area contributed by atoms with Crippen LogP contribution in [0.25, 0.3) is 10.8 Å². The Hall–Kier alpha value is -1.69. The number of nitrogens with one attached hydrogen (secondary N) is 1. The van der Waals surface area contributed by atoms with Crippen LogP contribution < -0.4 is 5.32 Å². The predicted molar refractivity (Wildman–Crippen MR) is 92.8 cm³/mol. The summed E-state index contributed by atoms with van der Waals surface area (Å²) in [6, 6.07) is 11.2. The quantitative estimate of drug-likeness (QED) is 0.933. The molecule has 0 saturated carbocycles. The van der Waals surface area contributed by atoms with Crippen LogP contribution in [0.2, 0.25) is 0 Å². The lowest BCUT2D eigenvalue weighted by atomic mass is 10.1. The summed E-state index contributed by atoms with van der Waals surface area (Å²) in [6.45, 7) is 6.07. The van der Waals surface area contributed by atoms with Gasteiger partial charge < -0.3 is 15.0 Å². The Kier molecular flexibility index (Phi) is 4.16. The number of hydrogen-bond acceptors (Lipinski definition) is 5. The molecule has 2 saturated heterocycles. The maximum absolute atomic E-state index is 5.79. The van der Waals surface area contributed by atoms with Gasteiger partial charge in [0.25, 0.3) is 0 Å². The smallest absolute Gasteiger partial charge is 0.134 e. The van der Waals surface area contributed by atoms with E-state index in [4.69, 9.17) is 4.74 Å². The van der Waals surface area contributed by atoms with Crippen LogP contribution in [0.5, 0.6) is 0 Å². The molecule has 0 radical (unpaired) electrons. The minimum atomic E-state index is 0.303. The maximum Gasteiger partial charge on any atom is 0.134 e. The third-order valence-electron chi connectivity index (χ3n) is 5.05. The molecule has 0 aliphatic carbocycles. The zero-order chi connectivity index (χ0) is 15.6. The Balaban J connectivity index is 1.53. The molecule has 1 N–H and O–H groups in total. The molecular weight excluding hydrogens is 288 g/mol. The average Bonchev–Trinajstić information content (AvgIpc) is 3.04. The second-order valence-electron chi connectivity index (χ2n) is 6.58. The zero-order valence-corrected chi connectivity index (χ0v) is 13.6. The van der Waals surface area contributed by atoms with Gasteiger partial charge in [-0.3, -0.25) is 4.90 Å². The third-order valence-corrected chi connectivity index (χ3v) is 5.05. The fourth-order valence-electron chi connectivity index (χ4n) is 3.60. The Labute approximate surface area is 137 Å². The van der Waals surface area contributed by atoms with E-state index >= 15 is 0 Å². The monoisotopic (exact) mass is 312 g/mol. The fraction of sp³-hybridized carbons (Fsp3) is 0.500. The van der Waals surface area contributed by atoms with Gasteiger partial charge in [-0.15, -0.1) is 0 Å². The van der Waals surface area contributed by atoms with E-state index in [2.05, 4.69) is 57.5 Å². The molecule has 5 nitrogen and oxygen atoms in total. The number of rotatable bonds is 3. The molecule has 122 valence electrons. The van der Waals surface area contributed by atoms with Crippen LogP contribution in [0.4, 0.5) is 5.82 Å². The summed E-state index contributed by atoms with van der Waals surface area (Å²) >= 11 is 0. The van der Waals surface area contributed by atoms with Gasteiger partial charge in [0.15, 0.2) is 0 Å². The van der Waals surface area contributed by atoms with E-state index in [0.29, 0.717) is 12.1 Å². The third kappa shape index (κ3) is 3.04. The van der Waals surface area contributed by atoms with E-state index in [1.165, 1.54) is 10.8 Å². The number of ether oxygens (including phenoxy) is 1. The summed E-state index contributed by atoms with van der Waals surface area (Å²) in [5.74, 6) is 0.970. The molecule has 2 aromatic rings. The molecule has 2 aliphatic rings. The lowest BCUT2D eigenvalue weighted by molar-refractivity contribution is 0.0949. The van der Waals surface area contributed by atoms with Gasteiger partial charge in [0.2, 0.25) is 0 Å². The lowest BCUT2D eigenvalue weighted by Crippen LogP contribution is -2.54. The molecular formula is C18H24N4O. The van der Waals surface area contributed by atoms with Gasteiger partial charge in [0, 0.05) is 37.8 Å². The number of benzene rings is 1. The molecule has 1 aromatic heterocycles. The average molecular weight is 312 g/mol. The lowest BCUT2D eigenvalue weighted by Gasteiger charge is -2.38. The van der Waals surface area contributed by atoms with Crippen molar-refractivity contribution >= 4 is 16.6 Å². The first-order chi connectivity index (χ1) is 11.3. The first kappa shape index (κ1) is 14.9. The van der Waals surface area contributed by atoms with E-state index in [-0.39, 0.29) is 0 Å². The predicted octanol–water partition coefficient (Wildman–Crippen LogP) is 1.66. The van der Waals surface area contributed by atoms with E-state index in [1.807, 2.05) is 6.20 Å². The Morgan fingerprint density at radius 2 is 1.91 bits per heavy atom. The molecule has 0 bridgehead atoms. The summed E-state index contributed by atoms with van der Waals surface area (Å²) in [5, 5.41) is 6.05. The number of pyridine rings is 1. The van der Waals surface area contributed by atoms with Crippen molar-refractivity contribution in [1.29, 1.82) is 0 Å². The Morgan fingerprint density at radius 1 is 1.09 bits per heavy atom. The van der Waals surface area contributed by atoms with Gasteiger partial charge in [-0.25, -0.2) is 4.98 Å². The normalized spacial score (nSPS) is 26.7. The summed E-state index contributed by atoms with van der Waals surface area (Å²) in [5.41, 5.74) is 0. The fourth-order valence-corrected chi connectivity index (χ4v) is 3.60. The highest BCUT2D eigenvalue weighted by Crippen LogP contribution is 2.24. The van der Waals surface area contributed by atoms with Crippen molar-refractivity contribution in [3.63, 3.8) is 0 Å². The summed E-state index contributed by atoms with van der Waals surface area (Å²) < 4.78 is 5.79. The molecule has 1 aromatic carbocycles. The van der Waals surface area contributed by atoms with Crippen LogP contribution >= 0.6 is 0 Å². The SMILES string of the molecule is CN1CCN([C@H]2COC[C@@H]2Nc2nccc3ccccc23)CC1. The number of hydrogen-bond donors (Lipinski definition) is 1. The van der Waals surface area contributed by atoms with Gasteiger partial charge in [0.05, 0.1) is 25.3 Å². The minimum absolute atomic E-state index is 0.303. The Morgan fingerprint density at radius 3 is 2.78 bits per heavy atom. The highest BCUT2D eigenvalue weighted by Gasteiger charge is 2.34. The number of anilines is 1. The molecule has 3 heterocycles. The first-order valence-electron chi connectivity index (χ1n) is 8.42. The van der Waals surface area contributed by atoms with Crippen LogP contribution in [-0.2, 0) is 4.74 Å². The largest absolute Gasteiger partial charge is 0.378 e. The van der Waals surface area contributed by atoms with Crippen molar-refractivity contribution in [3.8, 4) is 0 Å². The first-order valence-corrected chi connectivity index (χ1v) is 8.42. The van der Waals surface area contributed by atoms with Gasteiger partial charge in [0.1, 0.15) is 5.82 Å². The van der Waals surface area contributed by atoms with Crippen LogP contribution in [0.1, 0.15) is 0 Å². The van der Waals surface area contributed by atoms with Gasteiger partial charge in [-0.2, -0.15) is 0 Å². The van der Waals surface area contributed by atoms with Crippen molar-refractivity contribution in [1.82, 2.24) is 14.8 Å². The standard InChI is InChI=1S/C18H24N4O/c1-21-8-10-22(11-9-21)17-13-23-12-16(17)20-18-15-5-3-2-4-14(15)6-7-19-18/h2-7,16-17H,8-13H2,1H3,(H,19,20)/t16-,17-/m0/s1. The molecule has 0 amide bonds. The van der Waals surface area contributed by atoms with E-state index < -0.39 is 0 Å². The molecule has 0 spiro atoms. The molecule has 0 unspecified atom stereocenters. The second kappa shape index (κ2) is 6.43. The van der Waals surface area contributed by atoms with Crippen molar-refractivity contribution in [2.24, 2.45) is 0 Å². The van der Waals surface area contributed by atoms with Crippen LogP contribution in [0.15, 0.2) is 36.5 Å². The minimum Gasteiger partial charge on any atom is -0.378 e. The van der Waals surface area contributed by atoms with Crippen molar-refractivity contribution in [2.75, 3.05) is 51.8 Å². The summed E-state index contributed by atoms with van der Waals surface area (Å²) in [7, 11) is 2.19. The number of nitrogens with zero attached hydrogens (tertiary/aromatic N) is 3. The highest BCUT2D eigenvalue weighted by molar-refractivity contribution is 5.91. The molecule has 2 aliphatic heterocycles. The van der Waals surface area contributed by atoms with E-state index in [0.717, 1.165) is 45.2 Å². The Bertz CT molecular complexity index is 664. The van der Waals surface area contributed by atoms with Gasteiger partial charge in [-0.1, -0.05) is 24.3 Å². The number of likely N-dealkylation sites (N-methyl/N-ethyl adjacent to an activating group) is 1. The van der Waals surface area contributed by atoms with Crippen molar-refractivity contribution < 1.29 is 4.74 Å². The van der Waals surface area contributed by atoms with Crippen LogP contribution in [-0.4, -0.2) is 73.3 Å². The van der Waals surface area contributed by atoms with Gasteiger partial charge >= 0.3 is 0 Å². The van der Waals surface area contributed by atoms with Crippen molar-refractivity contribution in [2.45, 2.75) is 12.1 Å². The summed E-state index contributed by atoms with van der Waals surface area (Å²) in [4.78, 5) is 9.52. The molecule has 23 heavy (non-hydrogen) atoms. The molecule has 2 atom stereocenters. The number of fused-ring (bicyclic) bond motifs is 1. The molecule has 2 fully saturated rings. The van der Waals surface area contributed by atoms with E-state index in [1.54, 1.807) is 0 Å². The highest BCUT2D eigenvalue weighted by atomic mass is 16.5. The molecule has 4 rings (SSSR count). The second-order valence-corrected chi connectivity index (χ2v) is 6.58.